The molecule has 0 fully saturated rings. The summed E-state index contributed by atoms with van der Waals surface area (Å²) in [5.74, 6) is -2.36. The fourth-order valence-corrected chi connectivity index (χ4v) is 1.64. The minimum absolute atomic E-state index is 0.0522. The zero-order valence-electron chi connectivity index (χ0n) is 14.1. The van der Waals surface area contributed by atoms with Gasteiger partial charge in [-0.2, -0.15) is 0 Å². The fraction of sp³-hybridized carbons (Fsp3) is 0.375. The Bertz CT molecular complexity index is 634. The average molecular weight is 342 g/mol. The molecule has 2 amide bonds. The molecule has 1 aromatic carbocycles. The van der Waals surface area contributed by atoms with Crippen LogP contribution in [0.15, 0.2) is 23.9 Å². The second kappa shape index (κ2) is 7.87. The maximum atomic E-state index is 13.3. The first-order valence-corrected chi connectivity index (χ1v) is 7.02. The molecule has 0 spiro atoms. The number of ether oxygens (including phenoxy) is 1. The SMILES string of the molecule is CON(C)C(=O)C(=Cc1cc(F)cc(F)c1)NC(=O)OC(C)(C)C. The van der Waals surface area contributed by atoms with E-state index in [-0.39, 0.29) is 11.3 Å². The predicted molar refractivity (Wildman–Crippen MR) is 83.5 cm³/mol. The molecule has 0 aliphatic rings. The van der Waals surface area contributed by atoms with E-state index in [9.17, 15) is 18.4 Å². The molecule has 0 aliphatic carbocycles. The lowest BCUT2D eigenvalue weighted by Gasteiger charge is -2.21. The molecule has 0 radical (unpaired) electrons. The number of halogens is 2. The number of amides is 2. The molecule has 0 saturated heterocycles. The van der Waals surface area contributed by atoms with Crippen LogP contribution in [0.3, 0.4) is 0 Å². The van der Waals surface area contributed by atoms with Gasteiger partial charge in [0.05, 0.1) is 7.11 Å². The molecule has 0 aromatic heterocycles. The molecule has 132 valence electrons. The predicted octanol–water partition coefficient (Wildman–Crippen LogP) is 2.85. The summed E-state index contributed by atoms with van der Waals surface area (Å²) in [5.41, 5.74) is -0.994. The third-order valence-electron chi connectivity index (χ3n) is 2.62. The summed E-state index contributed by atoms with van der Waals surface area (Å²) < 4.78 is 31.6. The molecule has 0 heterocycles. The largest absolute Gasteiger partial charge is 0.444 e. The molecule has 8 heteroatoms. The van der Waals surface area contributed by atoms with Gasteiger partial charge in [0.15, 0.2) is 0 Å². The van der Waals surface area contributed by atoms with Crippen molar-refractivity contribution in [2.24, 2.45) is 0 Å². The van der Waals surface area contributed by atoms with Crippen molar-refractivity contribution in [1.29, 1.82) is 0 Å². The van der Waals surface area contributed by atoms with E-state index < -0.39 is 29.2 Å². The van der Waals surface area contributed by atoms with E-state index >= 15 is 0 Å². The monoisotopic (exact) mass is 342 g/mol. The van der Waals surface area contributed by atoms with Crippen molar-refractivity contribution < 1.29 is 27.9 Å². The van der Waals surface area contributed by atoms with Crippen LogP contribution in [0.4, 0.5) is 13.6 Å². The first-order chi connectivity index (χ1) is 11.0. The Morgan fingerprint density at radius 2 is 1.71 bits per heavy atom. The summed E-state index contributed by atoms with van der Waals surface area (Å²) in [7, 11) is 2.57. The third kappa shape index (κ3) is 6.33. The Kier molecular flexibility index (Phi) is 6.42. The van der Waals surface area contributed by atoms with Gasteiger partial charge in [0, 0.05) is 13.1 Å². The van der Waals surface area contributed by atoms with Crippen LogP contribution in [0.2, 0.25) is 0 Å². The Labute approximate surface area is 139 Å². The van der Waals surface area contributed by atoms with Crippen LogP contribution in [-0.2, 0) is 14.4 Å². The minimum Gasteiger partial charge on any atom is -0.444 e. The van der Waals surface area contributed by atoms with E-state index in [1.165, 1.54) is 14.2 Å². The maximum absolute atomic E-state index is 13.3. The van der Waals surface area contributed by atoms with E-state index in [0.29, 0.717) is 6.07 Å². The molecule has 24 heavy (non-hydrogen) atoms. The van der Waals surface area contributed by atoms with Gasteiger partial charge in [-0.15, -0.1) is 0 Å². The highest BCUT2D eigenvalue weighted by molar-refractivity contribution is 5.99. The number of carbonyl (C=O) groups is 2. The van der Waals surface area contributed by atoms with Gasteiger partial charge >= 0.3 is 6.09 Å². The number of alkyl carbamates (subject to hydrolysis) is 1. The third-order valence-corrected chi connectivity index (χ3v) is 2.62. The zero-order valence-corrected chi connectivity index (χ0v) is 14.1. The van der Waals surface area contributed by atoms with Gasteiger partial charge in [-0.05, 0) is 44.5 Å². The lowest BCUT2D eigenvalue weighted by atomic mass is 10.1. The van der Waals surface area contributed by atoms with Crippen LogP contribution in [0.25, 0.3) is 6.08 Å². The van der Waals surface area contributed by atoms with Crippen LogP contribution in [0.5, 0.6) is 0 Å². The number of hydrogen-bond donors (Lipinski definition) is 1. The van der Waals surface area contributed by atoms with Gasteiger partial charge in [0.1, 0.15) is 22.9 Å². The number of benzene rings is 1. The molecule has 6 nitrogen and oxygen atoms in total. The first-order valence-electron chi connectivity index (χ1n) is 7.02. The summed E-state index contributed by atoms with van der Waals surface area (Å²) in [6.07, 6.45) is 0.233. The summed E-state index contributed by atoms with van der Waals surface area (Å²) in [6, 6.07) is 2.72. The normalized spacial score (nSPS) is 11.9. The van der Waals surface area contributed by atoms with Gasteiger partial charge in [0.25, 0.3) is 5.91 Å². The molecule has 0 unspecified atom stereocenters. The Morgan fingerprint density at radius 3 is 2.17 bits per heavy atom. The van der Waals surface area contributed by atoms with Gasteiger partial charge in [-0.1, -0.05) is 0 Å². The lowest BCUT2D eigenvalue weighted by molar-refractivity contribution is -0.164. The fourth-order valence-electron chi connectivity index (χ4n) is 1.64. The molecule has 0 aliphatic heterocycles. The van der Waals surface area contributed by atoms with E-state index in [1.807, 2.05) is 0 Å². The van der Waals surface area contributed by atoms with E-state index in [0.717, 1.165) is 23.3 Å². The summed E-state index contributed by atoms with van der Waals surface area (Å²) in [6.45, 7) is 4.96. The van der Waals surface area contributed by atoms with Crippen molar-refractivity contribution >= 4 is 18.1 Å². The van der Waals surface area contributed by atoms with E-state index in [1.54, 1.807) is 20.8 Å². The standard InChI is InChI=1S/C16H20F2N2O4/c1-16(2,3)24-15(22)19-13(14(21)20(4)23-5)8-10-6-11(17)9-12(18)7-10/h6-9H,1-5H3,(H,19,22). The smallest absolute Gasteiger partial charge is 0.412 e. The number of carbonyl (C=O) groups excluding carboxylic acids is 2. The van der Waals surface area contributed by atoms with Crippen molar-refractivity contribution in [1.82, 2.24) is 10.4 Å². The number of hydrogen-bond acceptors (Lipinski definition) is 4. The van der Waals surface area contributed by atoms with E-state index in [2.05, 4.69) is 5.32 Å². The first kappa shape index (κ1) is 19.6. The molecular weight excluding hydrogens is 322 g/mol. The minimum atomic E-state index is -0.886. The average Bonchev–Trinajstić information content (AvgIpc) is 2.41. The van der Waals surface area contributed by atoms with Crippen LogP contribution in [0.1, 0.15) is 26.3 Å². The maximum Gasteiger partial charge on any atom is 0.412 e. The highest BCUT2D eigenvalue weighted by Crippen LogP contribution is 2.13. The molecular formula is C16H20F2N2O4. The van der Waals surface area contributed by atoms with Crippen LogP contribution in [0, 0.1) is 11.6 Å². The molecule has 0 atom stereocenters. The summed E-state index contributed by atoms with van der Waals surface area (Å²) in [5, 5.41) is 3.11. The second-order valence-electron chi connectivity index (χ2n) is 5.87. The molecule has 0 saturated carbocycles. The summed E-state index contributed by atoms with van der Waals surface area (Å²) in [4.78, 5) is 28.9. The topological polar surface area (TPSA) is 67.9 Å². The van der Waals surface area contributed by atoms with Gasteiger partial charge < -0.3 is 4.74 Å². The van der Waals surface area contributed by atoms with Crippen molar-refractivity contribution in [2.45, 2.75) is 26.4 Å². The van der Waals surface area contributed by atoms with Gasteiger partial charge in [0.2, 0.25) is 0 Å². The van der Waals surface area contributed by atoms with Gasteiger partial charge in [-0.25, -0.2) is 18.6 Å². The number of likely N-dealkylation sites (N-methyl/N-ethyl adjacent to an activating group) is 1. The number of nitrogens with one attached hydrogen (secondary N) is 1. The highest BCUT2D eigenvalue weighted by atomic mass is 19.1. The Hall–Kier alpha value is -2.48. The van der Waals surface area contributed by atoms with Crippen LogP contribution >= 0.6 is 0 Å². The molecule has 1 rings (SSSR count). The number of nitrogens with zero attached hydrogens (tertiary/aromatic N) is 1. The van der Waals surface area contributed by atoms with Crippen molar-refractivity contribution in [2.75, 3.05) is 14.2 Å². The van der Waals surface area contributed by atoms with E-state index in [4.69, 9.17) is 9.57 Å². The van der Waals surface area contributed by atoms with Crippen LogP contribution in [-0.4, -0.2) is 36.8 Å². The molecule has 1 aromatic rings. The van der Waals surface area contributed by atoms with Crippen molar-refractivity contribution in [3.8, 4) is 0 Å². The zero-order chi connectivity index (χ0) is 18.5. The number of hydroxylamine groups is 2. The Morgan fingerprint density at radius 1 is 1.17 bits per heavy atom. The highest BCUT2D eigenvalue weighted by Gasteiger charge is 2.22. The second-order valence-corrected chi connectivity index (χ2v) is 5.87. The van der Waals surface area contributed by atoms with Crippen LogP contribution < -0.4 is 5.32 Å². The summed E-state index contributed by atoms with van der Waals surface area (Å²) >= 11 is 0. The Balaban J connectivity index is 3.15. The number of rotatable bonds is 4. The van der Waals surface area contributed by atoms with Crippen molar-refractivity contribution in [3.05, 3.63) is 41.1 Å². The lowest BCUT2D eigenvalue weighted by Crippen LogP contribution is -2.38. The van der Waals surface area contributed by atoms with Crippen molar-refractivity contribution in [3.63, 3.8) is 0 Å². The molecule has 0 bridgehead atoms. The molecule has 1 N–H and O–H groups in total. The van der Waals surface area contributed by atoms with Gasteiger partial charge in [-0.3, -0.25) is 14.9 Å². The quantitative estimate of drug-likeness (QED) is 0.675.